The van der Waals surface area contributed by atoms with Crippen LogP contribution in [0.15, 0.2) is 48.5 Å². The van der Waals surface area contributed by atoms with Gasteiger partial charge in [0.05, 0.1) is 7.11 Å². The smallest absolute Gasteiger partial charge is 0.308 e. The molecule has 23 heavy (non-hydrogen) atoms. The highest BCUT2D eigenvalue weighted by molar-refractivity contribution is 5.77. The maximum atomic E-state index is 11.7. The van der Waals surface area contributed by atoms with Crippen molar-refractivity contribution >= 4 is 11.8 Å². The summed E-state index contributed by atoms with van der Waals surface area (Å²) in [5.74, 6) is 0.512. The first kappa shape index (κ1) is 16.7. The van der Waals surface area contributed by atoms with Crippen LogP contribution in [0.3, 0.4) is 0 Å². The Morgan fingerprint density at radius 1 is 1.04 bits per heavy atom. The van der Waals surface area contributed by atoms with Crippen molar-refractivity contribution in [3.05, 3.63) is 59.7 Å². The van der Waals surface area contributed by atoms with Gasteiger partial charge in [0.2, 0.25) is 0 Å². The third-order valence-corrected chi connectivity index (χ3v) is 3.54. The number of ketones is 1. The molecule has 4 heteroatoms. The summed E-state index contributed by atoms with van der Waals surface area (Å²) in [6, 6.07) is 15.0. The van der Waals surface area contributed by atoms with E-state index in [0.29, 0.717) is 17.9 Å². The van der Waals surface area contributed by atoms with Gasteiger partial charge in [0.25, 0.3) is 0 Å². The first-order valence-electron chi connectivity index (χ1n) is 7.42. The molecule has 2 aromatic rings. The predicted molar refractivity (Wildman–Crippen MR) is 87.9 cm³/mol. The van der Waals surface area contributed by atoms with Crippen LogP contribution in [0.5, 0.6) is 11.5 Å². The summed E-state index contributed by atoms with van der Waals surface area (Å²) in [6.45, 7) is 2.91. The molecule has 0 heterocycles. The Labute approximate surface area is 136 Å². The van der Waals surface area contributed by atoms with Crippen molar-refractivity contribution in [2.24, 2.45) is 0 Å². The Morgan fingerprint density at radius 2 is 1.74 bits per heavy atom. The van der Waals surface area contributed by atoms with E-state index in [0.717, 1.165) is 11.1 Å². The number of rotatable bonds is 6. The Kier molecular flexibility index (Phi) is 5.52. The Balaban J connectivity index is 2.53. The molecule has 0 fully saturated rings. The molecule has 0 bridgehead atoms. The highest BCUT2D eigenvalue weighted by Gasteiger charge is 2.21. The average molecular weight is 312 g/mol. The lowest BCUT2D eigenvalue weighted by molar-refractivity contribution is -0.131. The molecular weight excluding hydrogens is 292 g/mol. The van der Waals surface area contributed by atoms with Gasteiger partial charge in [0, 0.05) is 30.9 Å². The van der Waals surface area contributed by atoms with Gasteiger partial charge in [0.1, 0.15) is 17.3 Å². The third kappa shape index (κ3) is 4.42. The molecule has 0 aliphatic carbocycles. The van der Waals surface area contributed by atoms with Gasteiger partial charge in [-0.05, 0) is 18.6 Å². The van der Waals surface area contributed by atoms with E-state index in [1.54, 1.807) is 26.2 Å². The molecule has 0 N–H and O–H groups in total. The van der Waals surface area contributed by atoms with Gasteiger partial charge in [-0.15, -0.1) is 0 Å². The fourth-order valence-electron chi connectivity index (χ4n) is 2.55. The summed E-state index contributed by atoms with van der Waals surface area (Å²) in [5.41, 5.74) is 1.80. The minimum atomic E-state index is -0.408. The van der Waals surface area contributed by atoms with Crippen LogP contribution in [0, 0.1) is 0 Å². The molecule has 0 amide bonds. The summed E-state index contributed by atoms with van der Waals surface area (Å²) in [4.78, 5) is 23.1. The van der Waals surface area contributed by atoms with Gasteiger partial charge in [-0.1, -0.05) is 36.4 Å². The quantitative estimate of drug-likeness (QED) is 0.602. The zero-order valence-electron chi connectivity index (χ0n) is 13.5. The molecule has 1 unspecified atom stereocenters. The fourth-order valence-corrected chi connectivity index (χ4v) is 2.55. The number of hydrogen-bond donors (Lipinski definition) is 0. The van der Waals surface area contributed by atoms with Crippen LogP contribution in [0.25, 0.3) is 0 Å². The second-order valence-corrected chi connectivity index (χ2v) is 5.37. The van der Waals surface area contributed by atoms with Crippen molar-refractivity contribution in [1.82, 2.24) is 0 Å². The molecule has 120 valence electrons. The highest BCUT2D eigenvalue weighted by atomic mass is 16.5. The fraction of sp³-hybridized carbons (Fsp3) is 0.263. The lowest BCUT2D eigenvalue weighted by Crippen LogP contribution is -2.10. The van der Waals surface area contributed by atoms with E-state index >= 15 is 0 Å². The van der Waals surface area contributed by atoms with Crippen molar-refractivity contribution < 1.29 is 19.1 Å². The third-order valence-electron chi connectivity index (χ3n) is 3.54. The SMILES string of the molecule is COc1ccc(C(CC(C)=O)c2ccccc2)c(OC(C)=O)c1. The molecule has 2 aromatic carbocycles. The highest BCUT2D eigenvalue weighted by Crippen LogP contribution is 2.37. The van der Waals surface area contributed by atoms with Crippen LogP contribution in [0.4, 0.5) is 0 Å². The summed E-state index contributed by atoms with van der Waals surface area (Å²) in [6.07, 6.45) is 0.338. The Hall–Kier alpha value is -2.62. The van der Waals surface area contributed by atoms with Gasteiger partial charge in [-0.25, -0.2) is 0 Å². The molecule has 1 atom stereocenters. The van der Waals surface area contributed by atoms with E-state index in [1.807, 2.05) is 36.4 Å². The molecule has 0 spiro atoms. The lowest BCUT2D eigenvalue weighted by atomic mass is 9.86. The summed E-state index contributed by atoms with van der Waals surface area (Å²) < 4.78 is 10.5. The molecule has 0 aliphatic rings. The Bertz CT molecular complexity index is 692. The van der Waals surface area contributed by atoms with E-state index in [4.69, 9.17) is 9.47 Å². The van der Waals surface area contributed by atoms with Crippen molar-refractivity contribution in [3.63, 3.8) is 0 Å². The minimum absolute atomic E-state index is 0.0726. The second kappa shape index (κ2) is 7.58. The van der Waals surface area contributed by atoms with Crippen molar-refractivity contribution in [2.75, 3.05) is 7.11 Å². The van der Waals surface area contributed by atoms with Gasteiger partial charge in [-0.3, -0.25) is 9.59 Å². The summed E-state index contributed by atoms with van der Waals surface area (Å²) in [7, 11) is 1.55. The van der Waals surface area contributed by atoms with E-state index in [-0.39, 0.29) is 11.7 Å². The Morgan fingerprint density at radius 3 is 2.30 bits per heavy atom. The molecule has 0 aromatic heterocycles. The molecule has 4 nitrogen and oxygen atoms in total. The number of benzene rings is 2. The zero-order chi connectivity index (χ0) is 16.8. The molecule has 0 aliphatic heterocycles. The summed E-state index contributed by atoms with van der Waals surface area (Å²) in [5, 5.41) is 0. The minimum Gasteiger partial charge on any atom is -0.497 e. The lowest BCUT2D eigenvalue weighted by Gasteiger charge is -2.20. The van der Waals surface area contributed by atoms with Gasteiger partial charge in [-0.2, -0.15) is 0 Å². The first-order valence-corrected chi connectivity index (χ1v) is 7.42. The van der Waals surface area contributed by atoms with Crippen LogP contribution in [0.2, 0.25) is 0 Å². The maximum absolute atomic E-state index is 11.7. The molecule has 2 rings (SSSR count). The standard InChI is InChI=1S/C19H20O4/c1-13(20)11-18(15-7-5-4-6-8-15)17-10-9-16(22-3)12-19(17)23-14(2)21/h4-10,12,18H,11H2,1-3H3. The van der Waals surface area contributed by atoms with E-state index in [2.05, 4.69) is 0 Å². The maximum Gasteiger partial charge on any atom is 0.308 e. The number of ether oxygens (including phenoxy) is 2. The van der Waals surface area contributed by atoms with Gasteiger partial charge >= 0.3 is 5.97 Å². The topological polar surface area (TPSA) is 52.6 Å². The van der Waals surface area contributed by atoms with Crippen LogP contribution in [0.1, 0.15) is 37.3 Å². The van der Waals surface area contributed by atoms with E-state index < -0.39 is 5.97 Å². The molecule has 0 radical (unpaired) electrons. The van der Waals surface area contributed by atoms with E-state index in [9.17, 15) is 9.59 Å². The van der Waals surface area contributed by atoms with Gasteiger partial charge < -0.3 is 9.47 Å². The van der Waals surface area contributed by atoms with E-state index in [1.165, 1.54) is 6.92 Å². The zero-order valence-corrected chi connectivity index (χ0v) is 13.5. The first-order chi connectivity index (χ1) is 11.0. The normalized spacial score (nSPS) is 11.6. The molecule has 0 saturated heterocycles. The van der Waals surface area contributed by atoms with Crippen molar-refractivity contribution in [2.45, 2.75) is 26.2 Å². The van der Waals surface area contributed by atoms with Crippen molar-refractivity contribution in [3.8, 4) is 11.5 Å². The number of Topliss-reactive ketones (excluding diaryl/α,β-unsaturated/α-hetero) is 1. The molecule has 0 saturated carbocycles. The van der Waals surface area contributed by atoms with Crippen LogP contribution < -0.4 is 9.47 Å². The van der Waals surface area contributed by atoms with Crippen LogP contribution >= 0.6 is 0 Å². The van der Waals surface area contributed by atoms with Crippen LogP contribution in [-0.2, 0) is 9.59 Å². The largest absolute Gasteiger partial charge is 0.497 e. The monoisotopic (exact) mass is 312 g/mol. The van der Waals surface area contributed by atoms with Crippen LogP contribution in [-0.4, -0.2) is 18.9 Å². The number of methoxy groups -OCH3 is 1. The second-order valence-electron chi connectivity index (χ2n) is 5.37. The number of hydrogen-bond acceptors (Lipinski definition) is 4. The van der Waals surface area contributed by atoms with Crippen molar-refractivity contribution in [1.29, 1.82) is 0 Å². The predicted octanol–water partition coefficient (Wildman–Crippen LogP) is 3.73. The number of carbonyl (C=O) groups is 2. The summed E-state index contributed by atoms with van der Waals surface area (Å²) >= 11 is 0. The number of carbonyl (C=O) groups excluding carboxylic acids is 2. The average Bonchev–Trinajstić information content (AvgIpc) is 2.53. The van der Waals surface area contributed by atoms with Gasteiger partial charge in [0.15, 0.2) is 0 Å². The number of esters is 1. The molecular formula is C19H20O4.